The van der Waals surface area contributed by atoms with Crippen LogP contribution >= 0.6 is 11.8 Å². The molecule has 1 atom stereocenters. The second-order valence-corrected chi connectivity index (χ2v) is 7.26. The van der Waals surface area contributed by atoms with E-state index in [2.05, 4.69) is 10.6 Å². The summed E-state index contributed by atoms with van der Waals surface area (Å²) in [5.74, 6) is -0.369. The fraction of sp³-hybridized carbons (Fsp3) is 0.300. The quantitative estimate of drug-likeness (QED) is 0.742. The van der Waals surface area contributed by atoms with Gasteiger partial charge in [-0.25, -0.2) is 0 Å². The molecule has 0 unspecified atom stereocenters. The van der Waals surface area contributed by atoms with E-state index in [-0.39, 0.29) is 23.6 Å². The molecule has 0 aromatic heterocycles. The number of rotatable bonds is 7. The lowest BCUT2D eigenvalue weighted by molar-refractivity contribution is -0.123. The van der Waals surface area contributed by atoms with E-state index in [9.17, 15) is 9.59 Å². The van der Waals surface area contributed by atoms with Crippen LogP contribution in [0.5, 0.6) is 0 Å². The molecule has 5 heteroatoms. The van der Waals surface area contributed by atoms with Gasteiger partial charge in [0, 0.05) is 10.6 Å². The maximum Gasteiger partial charge on any atom is 0.243 e. The molecule has 0 aliphatic carbocycles. The Morgan fingerprint density at radius 1 is 1.08 bits per heavy atom. The second kappa shape index (κ2) is 9.28. The van der Waals surface area contributed by atoms with E-state index in [4.69, 9.17) is 0 Å². The molecule has 2 rings (SSSR count). The van der Waals surface area contributed by atoms with Gasteiger partial charge in [-0.3, -0.25) is 9.59 Å². The highest BCUT2D eigenvalue weighted by Gasteiger charge is 2.15. The summed E-state index contributed by atoms with van der Waals surface area (Å²) in [6, 6.07) is 15.7. The molecule has 0 saturated heterocycles. The summed E-state index contributed by atoms with van der Waals surface area (Å²) < 4.78 is 0. The molecular formula is C20H24N2O2S. The monoisotopic (exact) mass is 356 g/mol. The summed E-state index contributed by atoms with van der Waals surface area (Å²) >= 11 is 1.48. The standard InChI is InChI=1S/C20H24N2O2S/c1-4-16-7-5-6-8-18(16)22-19(23)13-21-20(24)15(3)25-17-11-9-14(2)10-12-17/h5-12,15H,4,13H2,1-3H3,(H,21,24)(H,22,23)/t15-/m0/s1. The number of thioether (sulfide) groups is 1. The average molecular weight is 356 g/mol. The van der Waals surface area contributed by atoms with Gasteiger partial charge in [0.1, 0.15) is 0 Å². The number of aryl methyl sites for hydroxylation is 2. The Morgan fingerprint density at radius 3 is 2.44 bits per heavy atom. The van der Waals surface area contributed by atoms with E-state index in [1.54, 1.807) is 0 Å². The molecule has 2 aromatic rings. The lowest BCUT2D eigenvalue weighted by Crippen LogP contribution is -2.37. The van der Waals surface area contributed by atoms with E-state index in [0.717, 1.165) is 22.6 Å². The van der Waals surface area contributed by atoms with E-state index in [1.165, 1.54) is 17.3 Å². The van der Waals surface area contributed by atoms with E-state index < -0.39 is 0 Å². The van der Waals surface area contributed by atoms with Gasteiger partial charge in [0.15, 0.2) is 0 Å². The van der Waals surface area contributed by atoms with Crippen LogP contribution in [0.15, 0.2) is 53.4 Å². The first-order valence-corrected chi connectivity index (χ1v) is 9.26. The zero-order valence-electron chi connectivity index (χ0n) is 14.8. The van der Waals surface area contributed by atoms with Gasteiger partial charge in [0.25, 0.3) is 0 Å². The maximum absolute atomic E-state index is 12.2. The van der Waals surface area contributed by atoms with Crippen LogP contribution in [0.2, 0.25) is 0 Å². The molecule has 132 valence electrons. The van der Waals surface area contributed by atoms with E-state index >= 15 is 0 Å². The average Bonchev–Trinajstić information content (AvgIpc) is 2.62. The van der Waals surface area contributed by atoms with E-state index in [0.29, 0.717) is 0 Å². The molecule has 2 N–H and O–H groups in total. The minimum absolute atomic E-state index is 0.0321. The van der Waals surface area contributed by atoms with Crippen molar-refractivity contribution in [1.29, 1.82) is 0 Å². The van der Waals surface area contributed by atoms with Crippen molar-refractivity contribution in [2.45, 2.75) is 37.3 Å². The number of carbonyl (C=O) groups excluding carboxylic acids is 2. The summed E-state index contributed by atoms with van der Waals surface area (Å²) in [6.07, 6.45) is 0.840. The minimum atomic E-state index is -0.265. The third-order valence-corrected chi connectivity index (χ3v) is 4.91. The number of amides is 2. The zero-order valence-corrected chi connectivity index (χ0v) is 15.7. The Kier molecular flexibility index (Phi) is 7.07. The molecular weight excluding hydrogens is 332 g/mol. The highest BCUT2D eigenvalue weighted by molar-refractivity contribution is 8.00. The number of hydrogen-bond acceptors (Lipinski definition) is 3. The van der Waals surface area contributed by atoms with Crippen LogP contribution in [0.25, 0.3) is 0 Å². The predicted molar refractivity (Wildman–Crippen MR) is 104 cm³/mol. The van der Waals surface area contributed by atoms with Crippen molar-refractivity contribution in [3.05, 3.63) is 59.7 Å². The van der Waals surface area contributed by atoms with Gasteiger partial charge in [0.05, 0.1) is 11.8 Å². The van der Waals surface area contributed by atoms with Crippen molar-refractivity contribution in [3.8, 4) is 0 Å². The normalized spacial score (nSPS) is 11.6. The van der Waals surface area contributed by atoms with Crippen LogP contribution in [0.1, 0.15) is 25.0 Å². The number of carbonyl (C=O) groups is 2. The molecule has 0 heterocycles. The molecule has 0 saturated carbocycles. The zero-order chi connectivity index (χ0) is 18.2. The highest BCUT2D eigenvalue weighted by atomic mass is 32.2. The fourth-order valence-electron chi connectivity index (χ4n) is 2.33. The molecule has 0 aliphatic rings. The second-order valence-electron chi connectivity index (χ2n) is 5.85. The topological polar surface area (TPSA) is 58.2 Å². The summed E-state index contributed by atoms with van der Waals surface area (Å²) in [5, 5.41) is 5.29. The van der Waals surface area contributed by atoms with Crippen molar-refractivity contribution >= 4 is 29.3 Å². The highest BCUT2D eigenvalue weighted by Crippen LogP contribution is 2.23. The molecule has 0 fully saturated rings. The van der Waals surface area contributed by atoms with Gasteiger partial charge in [-0.05, 0) is 44.0 Å². The lowest BCUT2D eigenvalue weighted by atomic mass is 10.1. The predicted octanol–water partition coefficient (Wildman–Crippen LogP) is 3.79. The summed E-state index contributed by atoms with van der Waals surface area (Å²) in [4.78, 5) is 25.3. The summed E-state index contributed by atoms with van der Waals surface area (Å²) in [6.45, 7) is 5.87. The van der Waals surface area contributed by atoms with Crippen molar-refractivity contribution in [2.75, 3.05) is 11.9 Å². The molecule has 0 bridgehead atoms. The third kappa shape index (κ3) is 5.94. The number of hydrogen-bond donors (Lipinski definition) is 2. The Morgan fingerprint density at radius 2 is 1.76 bits per heavy atom. The van der Waals surface area contributed by atoms with Crippen LogP contribution < -0.4 is 10.6 Å². The molecule has 2 amide bonds. The summed E-state index contributed by atoms with van der Waals surface area (Å²) in [7, 11) is 0. The molecule has 0 spiro atoms. The Balaban J connectivity index is 1.82. The van der Waals surface area contributed by atoms with Crippen molar-refractivity contribution in [2.24, 2.45) is 0 Å². The van der Waals surface area contributed by atoms with Gasteiger partial charge in [-0.1, -0.05) is 42.8 Å². The van der Waals surface area contributed by atoms with Crippen LogP contribution in [0.3, 0.4) is 0 Å². The van der Waals surface area contributed by atoms with Crippen LogP contribution in [-0.4, -0.2) is 23.6 Å². The number of anilines is 1. The number of nitrogens with one attached hydrogen (secondary N) is 2. The van der Waals surface area contributed by atoms with Crippen LogP contribution in [-0.2, 0) is 16.0 Å². The van der Waals surface area contributed by atoms with Gasteiger partial charge in [-0.2, -0.15) is 0 Å². The maximum atomic E-state index is 12.2. The lowest BCUT2D eigenvalue weighted by Gasteiger charge is -2.13. The van der Waals surface area contributed by atoms with Crippen LogP contribution in [0, 0.1) is 6.92 Å². The van der Waals surface area contributed by atoms with Crippen molar-refractivity contribution in [3.63, 3.8) is 0 Å². The van der Waals surface area contributed by atoms with E-state index in [1.807, 2.05) is 69.3 Å². The molecule has 2 aromatic carbocycles. The Bertz CT molecular complexity index is 729. The molecule has 25 heavy (non-hydrogen) atoms. The first-order chi connectivity index (χ1) is 12.0. The third-order valence-electron chi connectivity index (χ3n) is 3.80. The smallest absolute Gasteiger partial charge is 0.243 e. The number of para-hydroxylation sites is 1. The van der Waals surface area contributed by atoms with Gasteiger partial charge < -0.3 is 10.6 Å². The largest absolute Gasteiger partial charge is 0.346 e. The van der Waals surface area contributed by atoms with Gasteiger partial charge in [0.2, 0.25) is 11.8 Å². The fourth-order valence-corrected chi connectivity index (χ4v) is 3.22. The number of benzene rings is 2. The van der Waals surface area contributed by atoms with Crippen molar-refractivity contribution in [1.82, 2.24) is 5.32 Å². The van der Waals surface area contributed by atoms with Crippen molar-refractivity contribution < 1.29 is 9.59 Å². The van der Waals surface area contributed by atoms with Crippen LogP contribution in [0.4, 0.5) is 5.69 Å². The summed E-state index contributed by atoms with van der Waals surface area (Å²) in [5.41, 5.74) is 3.06. The van der Waals surface area contributed by atoms with Gasteiger partial charge >= 0.3 is 0 Å². The Hall–Kier alpha value is -2.27. The SMILES string of the molecule is CCc1ccccc1NC(=O)CNC(=O)[C@H](C)Sc1ccc(C)cc1. The first-order valence-electron chi connectivity index (χ1n) is 8.38. The molecule has 4 nitrogen and oxygen atoms in total. The molecule has 0 aliphatic heterocycles. The minimum Gasteiger partial charge on any atom is -0.346 e. The first kappa shape index (κ1) is 19.1. The van der Waals surface area contributed by atoms with Gasteiger partial charge in [-0.15, -0.1) is 11.8 Å². The molecule has 0 radical (unpaired) electrons. The Labute approximate surface area is 153 Å².